The van der Waals surface area contributed by atoms with Gasteiger partial charge >= 0.3 is 0 Å². The lowest BCUT2D eigenvalue weighted by Crippen LogP contribution is -2.47. The maximum atomic E-state index is 14.2. The number of aliphatic imine (C=N–C) groups is 1. The van der Waals surface area contributed by atoms with Crippen molar-refractivity contribution in [3.8, 4) is 0 Å². The van der Waals surface area contributed by atoms with Crippen molar-refractivity contribution in [2.45, 2.75) is 31.6 Å². The third kappa shape index (κ3) is 6.99. The van der Waals surface area contributed by atoms with Gasteiger partial charge in [0.05, 0.1) is 6.54 Å². The first-order valence-electron chi connectivity index (χ1n) is 11.7. The minimum atomic E-state index is -0.129. The molecule has 4 rings (SSSR count). The highest BCUT2D eigenvalue weighted by molar-refractivity contribution is 14.0. The Morgan fingerprint density at radius 3 is 2.45 bits per heavy atom. The van der Waals surface area contributed by atoms with Gasteiger partial charge in [0.2, 0.25) is 5.95 Å². The smallest absolute Gasteiger partial charge is 0.225 e. The molecule has 0 amide bonds. The van der Waals surface area contributed by atoms with E-state index in [9.17, 15) is 4.39 Å². The van der Waals surface area contributed by atoms with Crippen molar-refractivity contribution in [1.29, 1.82) is 0 Å². The molecule has 0 radical (unpaired) electrons. The van der Waals surface area contributed by atoms with Gasteiger partial charge in [0.25, 0.3) is 0 Å². The van der Waals surface area contributed by atoms with E-state index >= 15 is 0 Å². The van der Waals surface area contributed by atoms with Crippen LogP contribution in [0.15, 0.2) is 47.7 Å². The summed E-state index contributed by atoms with van der Waals surface area (Å²) >= 11 is 0. The molecule has 1 aromatic carbocycles. The van der Waals surface area contributed by atoms with Crippen molar-refractivity contribution < 1.29 is 4.39 Å². The van der Waals surface area contributed by atoms with Gasteiger partial charge in [-0.2, -0.15) is 0 Å². The zero-order valence-electron chi connectivity index (χ0n) is 19.3. The normalized spacial score (nSPS) is 17.9. The molecular formula is C24H35FIN7. The van der Waals surface area contributed by atoms with Crippen LogP contribution in [0.2, 0.25) is 0 Å². The van der Waals surface area contributed by atoms with E-state index in [1.807, 2.05) is 18.2 Å². The second-order valence-electron chi connectivity index (χ2n) is 8.61. The SMILES string of the molecule is CCNC(=NCC1(c2ccccc2F)CC1)NCCCN1CCN(c2ncccn2)CC1.I. The molecule has 2 aliphatic rings. The fraction of sp³-hybridized carbons (Fsp3) is 0.542. The van der Waals surface area contributed by atoms with E-state index in [0.29, 0.717) is 6.54 Å². The van der Waals surface area contributed by atoms with Gasteiger partial charge in [0.1, 0.15) is 5.82 Å². The number of guanidine groups is 1. The monoisotopic (exact) mass is 567 g/mol. The minimum absolute atomic E-state index is 0. The number of nitrogens with zero attached hydrogens (tertiary/aromatic N) is 5. The van der Waals surface area contributed by atoms with Crippen LogP contribution in [0.5, 0.6) is 0 Å². The number of halogens is 2. The summed E-state index contributed by atoms with van der Waals surface area (Å²) in [5.74, 6) is 1.53. The summed E-state index contributed by atoms with van der Waals surface area (Å²) < 4.78 is 14.2. The maximum Gasteiger partial charge on any atom is 0.225 e. The van der Waals surface area contributed by atoms with Crippen LogP contribution in [0, 0.1) is 5.82 Å². The van der Waals surface area contributed by atoms with E-state index in [2.05, 4.69) is 37.3 Å². The first-order chi connectivity index (χ1) is 15.7. The van der Waals surface area contributed by atoms with Crippen LogP contribution in [-0.2, 0) is 5.41 Å². The summed E-state index contributed by atoms with van der Waals surface area (Å²) in [6.45, 7) is 9.37. The molecule has 33 heavy (non-hydrogen) atoms. The third-order valence-electron chi connectivity index (χ3n) is 6.33. The Morgan fingerprint density at radius 1 is 1.06 bits per heavy atom. The third-order valence-corrected chi connectivity index (χ3v) is 6.33. The van der Waals surface area contributed by atoms with Crippen molar-refractivity contribution in [3.63, 3.8) is 0 Å². The number of benzene rings is 1. The van der Waals surface area contributed by atoms with Crippen LogP contribution in [0.1, 0.15) is 31.7 Å². The fourth-order valence-electron chi connectivity index (χ4n) is 4.26. The van der Waals surface area contributed by atoms with Crippen molar-refractivity contribution in [2.75, 3.05) is 57.3 Å². The molecule has 2 heterocycles. The predicted molar refractivity (Wildman–Crippen MR) is 142 cm³/mol. The average Bonchev–Trinajstić information content (AvgIpc) is 3.62. The number of rotatable bonds is 9. The molecule has 180 valence electrons. The molecule has 1 saturated heterocycles. The highest BCUT2D eigenvalue weighted by Crippen LogP contribution is 2.49. The quantitative estimate of drug-likeness (QED) is 0.210. The molecule has 0 bridgehead atoms. The second-order valence-corrected chi connectivity index (χ2v) is 8.61. The maximum absolute atomic E-state index is 14.2. The summed E-state index contributed by atoms with van der Waals surface area (Å²) in [5.41, 5.74) is 0.676. The lowest BCUT2D eigenvalue weighted by molar-refractivity contribution is 0.254. The predicted octanol–water partition coefficient (Wildman–Crippen LogP) is 3.03. The summed E-state index contributed by atoms with van der Waals surface area (Å²) in [6.07, 6.45) is 6.63. The number of aromatic nitrogens is 2. The van der Waals surface area contributed by atoms with Crippen LogP contribution in [0.3, 0.4) is 0 Å². The lowest BCUT2D eigenvalue weighted by Gasteiger charge is -2.34. The molecule has 1 saturated carbocycles. The number of hydrogen-bond donors (Lipinski definition) is 2. The average molecular weight is 567 g/mol. The number of piperazine rings is 1. The first kappa shape index (κ1) is 25.6. The molecule has 1 aromatic heterocycles. The van der Waals surface area contributed by atoms with E-state index in [-0.39, 0.29) is 35.2 Å². The molecular weight excluding hydrogens is 532 g/mol. The molecule has 2 fully saturated rings. The zero-order chi connectivity index (χ0) is 22.2. The topological polar surface area (TPSA) is 68.7 Å². The number of hydrogen-bond acceptors (Lipinski definition) is 5. The van der Waals surface area contributed by atoms with Gasteiger partial charge in [-0.25, -0.2) is 14.4 Å². The largest absolute Gasteiger partial charge is 0.357 e. The van der Waals surface area contributed by atoms with Crippen LogP contribution in [0.25, 0.3) is 0 Å². The van der Waals surface area contributed by atoms with Gasteiger partial charge in [0, 0.05) is 57.1 Å². The molecule has 2 N–H and O–H groups in total. The van der Waals surface area contributed by atoms with Gasteiger partial charge in [-0.05, 0) is 50.4 Å². The van der Waals surface area contributed by atoms with Gasteiger partial charge in [-0.15, -0.1) is 24.0 Å². The Labute approximate surface area is 213 Å². The molecule has 0 unspecified atom stereocenters. The second kappa shape index (κ2) is 12.5. The molecule has 1 aliphatic carbocycles. The Bertz CT molecular complexity index is 883. The van der Waals surface area contributed by atoms with Crippen molar-refractivity contribution in [3.05, 3.63) is 54.1 Å². The van der Waals surface area contributed by atoms with Crippen molar-refractivity contribution in [2.24, 2.45) is 4.99 Å². The summed E-state index contributed by atoms with van der Waals surface area (Å²) in [7, 11) is 0. The Kier molecular flexibility index (Phi) is 9.66. The van der Waals surface area contributed by atoms with E-state index in [4.69, 9.17) is 4.99 Å². The summed E-state index contributed by atoms with van der Waals surface area (Å²) in [6, 6.07) is 8.97. The van der Waals surface area contributed by atoms with E-state index in [1.165, 1.54) is 0 Å². The minimum Gasteiger partial charge on any atom is -0.357 e. The zero-order valence-corrected chi connectivity index (χ0v) is 21.7. The summed E-state index contributed by atoms with van der Waals surface area (Å²) in [5, 5.41) is 6.77. The lowest BCUT2D eigenvalue weighted by atomic mass is 9.95. The van der Waals surface area contributed by atoms with Gasteiger partial charge < -0.3 is 15.5 Å². The van der Waals surface area contributed by atoms with Gasteiger partial charge in [-0.3, -0.25) is 9.89 Å². The first-order valence-corrected chi connectivity index (χ1v) is 11.7. The Hall–Kier alpha value is -2.01. The molecule has 0 atom stereocenters. The van der Waals surface area contributed by atoms with Crippen LogP contribution >= 0.6 is 24.0 Å². The standard InChI is InChI=1S/C24H34FN7.HI/c1-2-26-22(30-19-24(9-10-24)20-7-3-4-8-21(20)25)27-13-6-14-31-15-17-32(18-16-31)23-28-11-5-12-29-23;/h3-5,7-8,11-12H,2,6,9-10,13-19H2,1H3,(H2,26,27,30);1H. The number of nitrogens with one attached hydrogen (secondary N) is 2. The Balaban J connectivity index is 0.00000306. The Morgan fingerprint density at radius 2 is 1.79 bits per heavy atom. The van der Waals surface area contributed by atoms with E-state index in [0.717, 1.165) is 82.5 Å². The molecule has 2 aromatic rings. The molecule has 0 spiro atoms. The van der Waals surface area contributed by atoms with Crippen LogP contribution in [-0.4, -0.2) is 73.2 Å². The molecule has 9 heteroatoms. The highest BCUT2D eigenvalue weighted by atomic mass is 127. The van der Waals surface area contributed by atoms with Gasteiger partial charge in [0.15, 0.2) is 5.96 Å². The van der Waals surface area contributed by atoms with Crippen LogP contribution in [0.4, 0.5) is 10.3 Å². The van der Waals surface area contributed by atoms with E-state index in [1.54, 1.807) is 24.5 Å². The van der Waals surface area contributed by atoms with E-state index < -0.39 is 0 Å². The summed E-state index contributed by atoms with van der Waals surface area (Å²) in [4.78, 5) is 18.2. The van der Waals surface area contributed by atoms with Crippen molar-refractivity contribution >= 4 is 35.9 Å². The van der Waals surface area contributed by atoms with Crippen LogP contribution < -0.4 is 15.5 Å². The molecule has 7 nitrogen and oxygen atoms in total. The highest BCUT2D eigenvalue weighted by Gasteiger charge is 2.45. The fourth-order valence-corrected chi connectivity index (χ4v) is 4.26. The molecule has 1 aliphatic heterocycles. The number of anilines is 1. The van der Waals surface area contributed by atoms with Gasteiger partial charge in [-0.1, -0.05) is 18.2 Å². The van der Waals surface area contributed by atoms with Crippen molar-refractivity contribution in [1.82, 2.24) is 25.5 Å².